The molecule has 0 saturated carbocycles. The third-order valence-corrected chi connectivity index (χ3v) is 2.55. The maximum Gasteiger partial charge on any atom is 0.0359 e. The molecular weight excluding hydrogens is 174 g/mol. The molecule has 0 aliphatic rings. The Balaban J connectivity index is 2.71. The van der Waals surface area contributed by atoms with E-state index in [0.29, 0.717) is 12.0 Å². The van der Waals surface area contributed by atoms with Gasteiger partial charge in [0.2, 0.25) is 0 Å². The first kappa shape index (κ1) is 11.1. The average molecular weight is 193 g/mol. The van der Waals surface area contributed by atoms with Crippen LogP contribution in [0.15, 0.2) is 24.5 Å². The van der Waals surface area contributed by atoms with E-state index in [4.69, 9.17) is 5.73 Å². The molecule has 0 spiro atoms. The van der Waals surface area contributed by atoms with Gasteiger partial charge in [-0.3, -0.25) is 4.98 Å². The second-order valence-electron chi connectivity index (χ2n) is 3.61. The summed E-state index contributed by atoms with van der Waals surface area (Å²) in [5.74, 6) is 0.536. The maximum atomic E-state index is 5.56. The number of nitrogens with two attached hydrogens (primary N) is 1. The molecule has 1 rings (SSSR count). The summed E-state index contributed by atoms with van der Waals surface area (Å²) in [5.41, 5.74) is 6.79. The minimum Gasteiger partial charge on any atom is -0.330 e. The summed E-state index contributed by atoms with van der Waals surface area (Å²) >= 11 is 0. The number of aromatic nitrogens is 1. The summed E-state index contributed by atoms with van der Waals surface area (Å²) in [6.45, 7) is 2.95. The molecule has 0 bridgehead atoms. The van der Waals surface area contributed by atoms with Crippen molar-refractivity contribution < 1.29 is 0 Å². The van der Waals surface area contributed by atoms with Crippen LogP contribution in [0.5, 0.6) is 0 Å². The van der Waals surface area contributed by atoms with Crippen molar-refractivity contribution >= 4 is 0 Å². The average Bonchev–Trinajstić information content (AvgIpc) is 2.21. The summed E-state index contributed by atoms with van der Waals surface area (Å²) in [7, 11) is 1.98. The van der Waals surface area contributed by atoms with Gasteiger partial charge in [0.05, 0.1) is 0 Å². The van der Waals surface area contributed by atoms with E-state index in [-0.39, 0.29) is 0 Å². The number of pyridine rings is 1. The van der Waals surface area contributed by atoms with E-state index in [0.717, 1.165) is 13.0 Å². The van der Waals surface area contributed by atoms with Crippen molar-refractivity contribution in [3.05, 3.63) is 30.1 Å². The molecule has 3 N–H and O–H groups in total. The number of rotatable bonds is 5. The Labute approximate surface area is 85.7 Å². The van der Waals surface area contributed by atoms with Crippen molar-refractivity contribution in [3.63, 3.8) is 0 Å². The molecule has 0 aliphatic carbocycles. The standard InChI is InChI=1S/C11H19N3/c1-9(5-6-12)11(13-2)10-4-3-7-14-8-10/h3-4,7-9,11,13H,5-6,12H2,1-2H3. The van der Waals surface area contributed by atoms with Crippen LogP contribution in [0.1, 0.15) is 24.9 Å². The zero-order valence-corrected chi connectivity index (χ0v) is 8.90. The summed E-state index contributed by atoms with van der Waals surface area (Å²) in [5, 5.41) is 3.31. The van der Waals surface area contributed by atoms with Crippen LogP contribution in [0.3, 0.4) is 0 Å². The first-order valence-electron chi connectivity index (χ1n) is 5.06. The highest BCUT2D eigenvalue weighted by molar-refractivity contribution is 5.14. The fraction of sp³-hybridized carbons (Fsp3) is 0.545. The molecule has 0 aliphatic heterocycles. The van der Waals surface area contributed by atoms with Crippen LogP contribution < -0.4 is 11.1 Å². The predicted molar refractivity (Wildman–Crippen MR) is 58.9 cm³/mol. The Kier molecular flexibility index (Phi) is 4.56. The van der Waals surface area contributed by atoms with E-state index in [1.54, 1.807) is 6.20 Å². The fourth-order valence-electron chi connectivity index (χ4n) is 1.77. The van der Waals surface area contributed by atoms with E-state index in [2.05, 4.69) is 23.3 Å². The van der Waals surface area contributed by atoms with Gasteiger partial charge in [-0.05, 0) is 37.6 Å². The number of nitrogens with zero attached hydrogens (tertiary/aromatic N) is 1. The van der Waals surface area contributed by atoms with Gasteiger partial charge in [-0.1, -0.05) is 13.0 Å². The Bertz CT molecular complexity index is 248. The van der Waals surface area contributed by atoms with E-state index >= 15 is 0 Å². The molecule has 1 heterocycles. The smallest absolute Gasteiger partial charge is 0.0359 e. The molecule has 2 atom stereocenters. The van der Waals surface area contributed by atoms with Gasteiger partial charge in [0, 0.05) is 18.4 Å². The lowest BCUT2D eigenvalue weighted by Crippen LogP contribution is -2.25. The SMILES string of the molecule is CNC(c1cccnc1)C(C)CCN. The second-order valence-corrected chi connectivity index (χ2v) is 3.61. The van der Waals surface area contributed by atoms with Gasteiger partial charge in [-0.2, -0.15) is 0 Å². The van der Waals surface area contributed by atoms with Crippen LogP contribution >= 0.6 is 0 Å². The molecule has 3 nitrogen and oxygen atoms in total. The molecule has 1 aromatic rings. The molecule has 2 unspecified atom stereocenters. The van der Waals surface area contributed by atoms with Crippen LogP contribution in [0.25, 0.3) is 0 Å². The highest BCUT2D eigenvalue weighted by Gasteiger charge is 2.16. The quantitative estimate of drug-likeness (QED) is 0.741. The number of nitrogens with one attached hydrogen (secondary N) is 1. The topological polar surface area (TPSA) is 50.9 Å². The molecule has 0 amide bonds. The summed E-state index contributed by atoms with van der Waals surface area (Å²) in [4.78, 5) is 4.12. The minimum absolute atomic E-state index is 0.354. The van der Waals surface area contributed by atoms with Crippen LogP contribution in [-0.4, -0.2) is 18.6 Å². The second kappa shape index (κ2) is 5.73. The molecule has 0 saturated heterocycles. The Morgan fingerprint density at radius 3 is 2.86 bits per heavy atom. The lowest BCUT2D eigenvalue weighted by atomic mass is 9.93. The minimum atomic E-state index is 0.354. The van der Waals surface area contributed by atoms with E-state index < -0.39 is 0 Å². The molecule has 0 fully saturated rings. The summed E-state index contributed by atoms with van der Waals surface area (Å²) in [6.07, 6.45) is 4.73. The molecule has 1 aromatic heterocycles. The normalized spacial score (nSPS) is 15.1. The van der Waals surface area contributed by atoms with Crippen molar-refractivity contribution in [3.8, 4) is 0 Å². The van der Waals surface area contributed by atoms with E-state index in [1.807, 2.05) is 19.3 Å². The number of hydrogen-bond donors (Lipinski definition) is 2. The van der Waals surface area contributed by atoms with Gasteiger partial charge in [0.15, 0.2) is 0 Å². The molecule has 14 heavy (non-hydrogen) atoms. The zero-order valence-electron chi connectivity index (χ0n) is 8.90. The highest BCUT2D eigenvalue weighted by atomic mass is 14.9. The maximum absolute atomic E-state index is 5.56. The fourth-order valence-corrected chi connectivity index (χ4v) is 1.77. The monoisotopic (exact) mass is 193 g/mol. The van der Waals surface area contributed by atoms with Gasteiger partial charge in [0.1, 0.15) is 0 Å². The van der Waals surface area contributed by atoms with Gasteiger partial charge in [0.25, 0.3) is 0 Å². The third-order valence-electron chi connectivity index (χ3n) is 2.55. The Morgan fingerprint density at radius 1 is 1.57 bits per heavy atom. The highest BCUT2D eigenvalue weighted by Crippen LogP contribution is 2.22. The Morgan fingerprint density at radius 2 is 2.36 bits per heavy atom. The van der Waals surface area contributed by atoms with E-state index in [1.165, 1.54) is 5.56 Å². The first-order valence-corrected chi connectivity index (χ1v) is 5.06. The lowest BCUT2D eigenvalue weighted by Gasteiger charge is -2.23. The van der Waals surface area contributed by atoms with Crippen molar-refractivity contribution in [1.82, 2.24) is 10.3 Å². The third kappa shape index (κ3) is 2.79. The van der Waals surface area contributed by atoms with Gasteiger partial charge < -0.3 is 11.1 Å². The predicted octanol–water partition coefficient (Wildman–Crippen LogP) is 1.33. The molecular formula is C11H19N3. The van der Waals surface area contributed by atoms with Gasteiger partial charge in [-0.15, -0.1) is 0 Å². The summed E-state index contributed by atoms with van der Waals surface area (Å²) in [6, 6.07) is 4.42. The van der Waals surface area contributed by atoms with Crippen molar-refractivity contribution in [1.29, 1.82) is 0 Å². The van der Waals surface area contributed by atoms with E-state index in [9.17, 15) is 0 Å². The molecule has 0 radical (unpaired) electrons. The van der Waals surface area contributed by atoms with Crippen molar-refractivity contribution in [2.45, 2.75) is 19.4 Å². The van der Waals surface area contributed by atoms with Crippen LogP contribution in [0.4, 0.5) is 0 Å². The molecule has 0 aromatic carbocycles. The van der Waals surface area contributed by atoms with Crippen LogP contribution in [0, 0.1) is 5.92 Å². The van der Waals surface area contributed by atoms with Gasteiger partial charge >= 0.3 is 0 Å². The van der Waals surface area contributed by atoms with Crippen LogP contribution in [0.2, 0.25) is 0 Å². The van der Waals surface area contributed by atoms with Gasteiger partial charge in [-0.25, -0.2) is 0 Å². The zero-order chi connectivity index (χ0) is 10.4. The lowest BCUT2D eigenvalue weighted by molar-refractivity contribution is 0.391. The van der Waals surface area contributed by atoms with Crippen LogP contribution in [-0.2, 0) is 0 Å². The number of hydrogen-bond acceptors (Lipinski definition) is 3. The van der Waals surface area contributed by atoms with Crippen molar-refractivity contribution in [2.75, 3.05) is 13.6 Å². The molecule has 78 valence electrons. The first-order chi connectivity index (χ1) is 6.79. The molecule has 3 heteroatoms. The van der Waals surface area contributed by atoms with Crippen molar-refractivity contribution in [2.24, 2.45) is 11.7 Å². The Hall–Kier alpha value is -0.930. The summed E-state index contributed by atoms with van der Waals surface area (Å²) < 4.78 is 0. The largest absolute Gasteiger partial charge is 0.330 e.